The third kappa shape index (κ3) is 2.87. The molecule has 0 bridgehead atoms. The molecule has 1 aliphatic carbocycles. The van der Waals surface area contributed by atoms with E-state index in [0.29, 0.717) is 12.3 Å². The van der Waals surface area contributed by atoms with Crippen molar-refractivity contribution in [2.24, 2.45) is 17.3 Å². The van der Waals surface area contributed by atoms with Gasteiger partial charge in [0.25, 0.3) is 0 Å². The summed E-state index contributed by atoms with van der Waals surface area (Å²) in [6, 6.07) is 10.2. The molecule has 2 aliphatic rings. The monoisotopic (exact) mass is 285 g/mol. The maximum absolute atomic E-state index is 12.5. The number of piperidine rings is 1. The average Bonchev–Trinajstić information content (AvgIpc) is 2.44. The molecule has 2 amide bonds. The minimum Gasteiger partial charge on any atom is -0.296 e. The summed E-state index contributed by atoms with van der Waals surface area (Å²) < 4.78 is 0. The van der Waals surface area contributed by atoms with Gasteiger partial charge in [0.1, 0.15) is 0 Å². The van der Waals surface area contributed by atoms with Gasteiger partial charge in [-0.3, -0.25) is 14.9 Å². The number of benzene rings is 1. The van der Waals surface area contributed by atoms with Crippen LogP contribution < -0.4 is 5.32 Å². The van der Waals surface area contributed by atoms with Gasteiger partial charge >= 0.3 is 0 Å². The summed E-state index contributed by atoms with van der Waals surface area (Å²) in [5.41, 5.74) is 1.07. The van der Waals surface area contributed by atoms with Crippen molar-refractivity contribution >= 4 is 11.8 Å². The van der Waals surface area contributed by atoms with Gasteiger partial charge in [0.05, 0.1) is 0 Å². The van der Waals surface area contributed by atoms with Gasteiger partial charge in [0, 0.05) is 12.3 Å². The zero-order chi connectivity index (χ0) is 14.9. The standard InChI is InChI=1S/C18H23NO2/c1-13-6-5-9-18(11-13)12-16(20)19-17(21)15(18)10-14-7-3-2-4-8-14/h2-4,7-8,13,15H,5-6,9-12H2,1H3,(H,19,20,21). The van der Waals surface area contributed by atoms with Crippen LogP contribution in [0.4, 0.5) is 0 Å². The maximum Gasteiger partial charge on any atom is 0.230 e. The number of hydrogen-bond donors (Lipinski definition) is 1. The third-order valence-corrected chi connectivity index (χ3v) is 5.24. The van der Waals surface area contributed by atoms with Crippen LogP contribution in [0.2, 0.25) is 0 Å². The molecular formula is C18H23NO2. The lowest BCUT2D eigenvalue weighted by atomic mass is 9.58. The molecule has 21 heavy (non-hydrogen) atoms. The third-order valence-electron chi connectivity index (χ3n) is 5.24. The van der Waals surface area contributed by atoms with E-state index in [-0.39, 0.29) is 23.1 Å². The Bertz CT molecular complexity index is 539. The Morgan fingerprint density at radius 2 is 2.00 bits per heavy atom. The minimum atomic E-state index is -0.118. The molecule has 0 radical (unpaired) electrons. The van der Waals surface area contributed by atoms with Gasteiger partial charge in [-0.1, -0.05) is 50.1 Å². The van der Waals surface area contributed by atoms with Gasteiger partial charge < -0.3 is 0 Å². The van der Waals surface area contributed by atoms with E-state index >= 15 is 0 Å². The molecule has 1 saturated carbocycles. The predicted octanol–water partition coefficient (Wildman–Crippen LogP) is 3.09. The lowest BCUT2D eigenvalue weighted by molar-refractivity contribution is -0.146. The summed E-state index contributed by atoms with van der Waals surface area (Å²) in [5.74, 6) is 0.388. The minimum absolute atomic E-state index is 0.0656. The van der Waals surface area contributed by atoms with Gasteiger partial charge in [0.2, 0.25) is 11.8 Å². The summed E-state index contributed by atoms with van der Waals surface area (Å²) in [6.07, 6.45) is 5.62. The first kappa shape index (κ1) is 14.3. The molecule has 3 nitrogen and oxygen atoms in total. The average molecular weight is 285 g/mol. The van der Waals surface area contributed by atoms with Gasteiger partial charge in [-0.05, 0) is 36.2 Å². The molecule has 3 unspecified atom stereocenters. The van der Waals surface area contributed by atoms with E-state index < -0.39 is 0 Å². The van der Waals surface area contributed by atoms with Crippen LogP contribution in [0.1, 0.15) is 44.6 Å². The highest BCUT2D eigenvalue weighted by atomic mass is 16.2. The van der Waals surface area contributed by atoms with Gasteiger partial charge in [-0.25, -0.2) is 0 Å². The molecule has 1 spiro atoms. The van der Waals surface area contributed by atoms with E-state index in [1.807, 2.05) is 18.2 Å². The zero-order valence-corrected chi connectivity index (χ0v) is 12.6. The van der Waals surface area contributed by atoms with Crippen molar-refractivity contribution in [1.82, 2.24) is 5.32 Å². The van der Waals surface area contributed by atoms with E-state index in [4.69, 9.17) is 0 Å². The molecule has 1 aromatic rings. The second-order valence-electron chi connectivity index (χ2n) is 6.90. The van der Waals surface area contributed by atoms with Crippen LogP contribution in [0.15, 0.2) is 30.3 Å². The lowest BCUT2D eigenvalue weighted by Gasteiger charge is -2.47. The number of hydrogen-bond acceptors (Lipinski definition) is 2. The van der Waals surface area contributed by atoms with Crippen molar-refractivity contribution in [1.29, 1.82) is 0 Å². The first-order chi connectivity index (χ1) is 10.1. The highest BCUT2D eigenvalue weighted by molar-refractivity contribution is 5.99. The van der Waals surface area contributed by atoms with Crippen LogP contribution in [0.3, 0.4) is 0 Å². The number of amides is 2. The topological polar surface area (TPSA) is 46.2 Å². The maximum atomic E-state index is 12.5. The van der Waals surface area contributed by atoms with Crippen molar-refractivity contribution in [2.75, 3.05) is 0 Å². The van der Waals surface area contributed by atoms with Crippen molar-refractivity contribution in [3.05, 3.63) is 35.9 Å². The van der Waals surface area contributed by atoms with E-state index in [1.165, 1.54) is 12.0 Å². The molecular weight excluding hydrogens is 262 g/mol. The smallest absolute Gasteiger partial charge is 0.230 e. The normalized spacial score (nSPS) is 33.0. The second kappa shape index (κ2) is 5.63. The highest BCUT2D eigenvalue weighted by Gasteiger charge is 2.49. The number of carbonyl (C=O) groups is 2. The number of rotatable bonds is 2. The molecule has 1 heterocycles. The Labute approximate surface area is 126 Å². The molecule has 112 valence electrons. The van der Waals surface area contributed by atoms with Crippen LogP contribution in [0.5, 0.6) is 0 Å². The van der Waals surface area contributed by atoms with Gasteiger partial charge in [0.15, 0.2) is 0 Å². The van der Waals surface area contributed by atoms with E-state index in [2.05, 4.69) is 24.4 Å². The Balaban J connectivity index is 1.89. The summed E-state index contributed by atoms with van der Waals surface area (Å²) >= 11 is 0. The van der Waals surface area contributed by atoms with Crippen LogP contribution in [0.25, 0.3) is 0 Å². The SMILES string of the molecule is CC1CCCC2(CC(=O)NC(=O)C2Cc2ccccc2)C1. The van der Waals surface area contributed by atoms with Crippen LogP contribution >= 0.6 is 0 Å². The molecule has 1 aliphatic heterocycles. The second-order valence-corrected chi connectivity index (χ2v) is 6.90. The van der Waals surface area contributed by atoms with E-state index in [0.717, 1.165) is 25.7 Å². The summed E-state index contributed by atoms with van der Waals surface area (Å²) in [5, 5.41) is 2.56. The molecule has 1 N–H and O–H groups in total. The van der Waals surface area contributed by atoms with Gasteiger partial charge in [-0.2, -0.15) is 0 Å². The predicted molar refractivity (Wildman–Crippen MR) is 81.5 cm³/mol. The zero-order valence-electron chi connectivity index (χ0n) is 12.6. The first-order valence-electron chi connectivity index (χ1n) is 7.97. The first-order valence-corrected chi connectivity index (χ1v) is 7.97. The number of carbonyl (C=O) groups excluding carboxylic acids is 2. The van der Waals surface area contributed by atoms with Crippen LogP contribution in [0, 0.1) is 17.3 Å². The molecule has 2 fully saturated rings. The van der Waals surface area contributed by atoms with Crippen molar-refractivity contribution in [3.8, 4) is 0 Å². The van der Waals surface area contributed by atoms with E-state index in [1.54, 1.807) is 0 Å². The van der Waals surface area contributed by atoms with E-state index in [9.17, 15) is 9.59 Å². The Kier molecular flexibility index (Phi) is 3.83. The van der Waals surface area contributed by atoms with Gasteiger partial charge in [-0.15, -0.1) is 0 Å². The lowest BCUT2D eigenvalue weighted by Crippen LogP contribution is -2.54. The molecule has 3 heteroatoms. The highest BCUT2D eigenvalue weighted by Crippen LogP contribution is 2.50. The van der Waals surface area contributed by atoms with Crippen molar-refractivity contribution in [2.45, 2.75) is 45.4 Å². The van der Waals surface area contributed by atoms with Crippen LogP contribution in [-0.2, 0) is 16.0 Å². The molecule has 1 aromatic carbocycles. The fraction of sp³-hybridized carbons (Fsp3) is 0.556. The quantitative estimate of drug-likeness (QED) is 0.849. The Morgan fingerprint density at radius 1 is 1.24 bits per heavy atom. The molecule has 3 atom stereocenters. The van der Waals surface area contributed by atoms with Crippen molar-refractivity contribution < 1.29 is 9.59 Å². The summed E-state index contributed by atoms with van der Waals surface area (Å²) in [6.45, 7) is 2.25. The number of nitrogens with one attached hydrogen (secondary N) is 1. The number of imide groups is 1. The molecule has 0 aromatic heterocycles. The summed E-state index contributed by atoms with van der Waals surface area (Å²) in [4.78, 5) is 24.4. The fourth-order valence-corrected chi connectivity index (χ4v) is 4.33. The van der Waals surface area contributed by atoms with Crippen molar-refractivity contribution in [3.63, 3.8) is 0 Å². The fourth-order valence-electron chi connectivity index (χ4n) is 4.33. The Morgan fingerprint density at radius 3 is 2.71 bits per heavy atom. The van der Waals surface area contributed by atoms with Crippen LogP contribution in [-0.4, -0.2) is 11.8 Å². The largest absolute Gasteiger partial charge is 0.296 e. The molecule has 3 rings (SSSR count). The summed E-state index contributed by atoms with van der Waals surface area (Å²) in [7, 11) is 0. The Hall–Kier alpha value is -1.64. The molecule has 1 saturated heterocycles.